The van der Waals surface area contributed by atoms with Gasteiger partial charge in [-0.05, 0) is 36.0 Å². The number of hydrogen-bond acceptors (Lipinski definition) is 3. The molecule has 1 unspecified atom stereocenters. The molecule has 1 aromatic carbocycles. The third-order valence-corrected chi connectivity index (χ3v) is 5.75. The number of fused-ring (bicyclic) bond motifs is 1. The minimum absolute atomic E-state index is 0.174. The second kappa shape index (κ2) is 4.91. The topological polar surface area (TPSA) is 66.4 Å². The van der Waals surface area contributed by atoms with Crippen molar-refractivity contribution in [2.75, 3.05) is 5.75 Å². The fraction of sp³-hybridized carbons (Fsp3) is 0.571. The fourth-order valence-corrected chi connectivity index (χ4v) is 4.87. The van der Waals surface area contributed by atoms with E-state index in [1.807, 2.05) is 0 Å². The number of phenolic OH excluding ortho intramolecular Hbond substituents is 1. The standard InChI is InChI=1S/C14H17F2NO3S/c15-14(16)6-9(7-14)8-21(19,20)17-12-5-4-11-10(12)2-1-3-13(11)18/h1-3,9,12,17-18H,4-8H2. The maximum Gasteiger partial charge on any atom is 0.248 e. The highest BCUT2D eigenvalue weighted by Crippen LogP contribution is 2.43. The molecule has 0 radical (unpaired) electrons. The molecule has 0 spiro atoms. The molecule has 2 aliphatic rings. The Hall–Kier alpha value is -1.21. The lowest BCUT2D eigenvalue weighted by Gasteiger charge is -2.34. The van der Waals surface area contributed by atoms with Gasteiger partial charge < -0.3 is 5.11 Å². The lowest BCUT2D eigenvalue weighted by atomic mass is 9.83. The first-order valence-corrected chi connectivity index (χ1v) is 8.59. The summed E-state index contributed by atoms with van der Waals surface area (Å²) in [6.07, 6.45) is 0.482. The van der Waals surface area contributed by atoms with E-state index >= 15 is 0 Å². The molecule has 1 fully saturated rings. The number of aromatic hydroxyl groups is 1. The molecule has 2 N–H and O–H groups in total. The van der Waals surface area contributed by atoms with Crippen LogP contribution in [0, 0.1) is 5.92 Å². The maximum absolute atomic E-state index is 12.8. The molecule has 0 aromatic heterocycles. The molecular formula is C14H17F2NO3S. The Kier molecular flexibility index (Phi) is 3.44. The third-order valence-electron chi connectivity index (χ3n) is 4.20. The molecule has 4 nitrogen and oxygen atoms in total. The highest BCUT2D eigenvalue weighted by molar-refractivity contribution is 7.89. The average molecular weight is 317 g/mol. The van der Waals surface area contributed by atoms with E-state index in [2.05, 4.69) is 4.72 Å². The summed E-state index contributed by atoms with van der Waals surface area (Å²) in [6, 6.07) is 4.66. The van der Waals surface area contributed by atoms with E-state index in [4.69, 9.17) is 0 Å². The van der Waals surface area contributed by atoms with E-state index in [-0.39, 0.29) is 30.4 Å². The van der Waals surface area contributed by atoms with Gasteiger partial charge in [-0.1, -0.05) is 12.1 Å². The van der Waals surface area contributed by atoms with Crippen LogP contribution in [-0.4, -0.2) is 25.2 Å². The Bertz CT molecular complexity index is 652. The first-order chi connectivity index (χ1) is 9.76. The number of rotatable bonds is 4. The van der Waals surface area contributed by atoms with Crippen LogP contribution in [0.3, 0.4) is 0 Å². The lowest BCUT2D eigenvalue weighted by molar-refractivity contribution is -0.103. The molecule has 1 atom stereocenters. The van der Waals surface area contributed by atoms with Gasteiger partial charge in [-0.15, -0.1) is 0 Å². The van der Waals surface area contributed by atoms with Crippen molar-refractivity contribution in [3.8, 4) is 5.75 Å². The third kappa shape index (κ3) is 3.03. The van der Waals surface area contributed by atoms with Gasteiger partial charge in [-0.2, -0.15) is 0 Å². The predicted molar refractivity (Wildman–Crippen MR) is 73.8 cm³/mol. The molecule has 1 aromatic rings. The van der Waals surface area contributed by atoms with E-state index < -0.39 is 21.9 Å². The van der Waals surface area contributed by atoms with Crippen LogP contribution in [0.25, 0.3) is 0 Å². The van der Waals surface area contributed by atoms with Crippen molar-refractivity contribution in [1.82, 2.24) is 4.72 Å². The Labute approximate surface area is 122 Å². The van der Waals surface area contributed by atoms with Gasteiger partial charge in [0.25, 0.3) is 0 Å². The number of halogens is 2. The molecule has 21 heavy (non-hydrogen) atoms. The highest BCUT2D eigenvalue weighted by Gasteiger charge is 2.47. The number of benzene rings is 1. The number of hydrogen-bond donors (Lipinski definition) is 2. The molecule has 0 aliphatic heterocycles. The van der Waals surface area contributed by atoms with Gasteiger partial charge in [0.1, 0.15) is 5.75 Å². The molecule has 116 valence electrons. The Balaban J connectivity index is 1.67. The van der Waals surface area contributed by atoms with Crippen LogP contribution in [0.2, 0.25) is 0 Å². The van der Waals surface area contributed by atoms with Gasteiger partial charge >= 0.3 is 0 Å². The van der Waals surface area contributed by atoms with Crippen molar-refractivity contribution in [2.24, 2.45) is 5.92 Å². The second-order valence-electron chi connectivity index (χ2n) is 5.97. The highest BCUT2D eigenvalue weighted by atomic mass is 32.2. The second-order valence-corrected chi connectivity index (χ2v) is 7.76. The summed E-state index contributed by atoms with van der Waals surface area (Å²) in [5.41, 5.74) is 1.54. The van der Waals surface area contributed by atoms with Gasteiger partial charge in [-0.3, -0.25) is 0 Å². The van der Waals surface area contributed by atoms with Crippen molar-refractivity contribution in [3.05, 3.63) is 29.3 Å². The van der Waals surface area contributed by atoms with Crippen LogP contribution in [0.5, 0.6) is 5.75 Å². The maximum atomic E-state index is 12.8. The van der Waals surface area contributed by atoms with Crippen LogP contribution in [-0.2, 0) is 16.4 Å². The van der Waals surface area contributed by atoms with Crippen molar-refractivity contribution in [1.29, 1.82) is 0 Å². The summed E-state index contributed by atoms with van der Waals surface area (Å²) < 4.78 is 52.3. The normalized spacial score (nSPS) is 24.6. The first-order valence-electron chi connectivity index (χ1n) is 6.94. The van der Waals surface area contributed by atoms with Gasteiger partial charge in [0.2, 0.25) is 15.9 Å². The first kappa shape index (κ1) is 14.7. The van der Waals surface area contributed by atoms with E-state index in [9.17, 15) is 22.3 Å². The number of sulfonamides is 1. The summed E-state index contributed by atoms with van der Waals surface area (Å²) in [5, 5.41) is 9.74. The van der Waals surface area contributed by atoms with E-state index in [0.717, 1.165) is 11.1 Å². The molecule has 7 heteroatoms. The number of nitrogens with one attached hydrogen (secondary N) is 1. The molecule has 0 heterocycles. The average Bonchev–Trinajstić information content (AvgIpc) is 2.70. The predicted octanol–water partition coefficient (Wildman–Crippen LogP) is 2.34. The van der Waals surface area contributed by atoms with Gasteiger partial charge in [0.15, 0.2) is 0 Å². The quantitative estimate of drug-likeness (QED) is 0.896. The summed E-state index contributed by atoms with van der Waals surface area (Å²) in [4.78, 5) is 0. The minimum atomic E-state index is -3.60. The molecular weight excluding hydrogens is 300 g/mol. The number of alkyl halides is 2. The van der Waals surface area contributed by atoms with Crippen LogP contribution in [0.4, 0.5) is 8.78 Å². The zero-order valence-corrected chi connectivity index (χ0v) is 12.2. The van der Waals surface area contributed by atoms with E-state index in [1.165, 1.54) is 0 Å². The summed E-state index contributed by atoms with van der Waals surface area (Å²) in [5.74, 6) is -3.26. The lowest BCUT2D eigenvalue weighted by Crippen LogP contribution is -2.42. The van der Waals surface area contributed by atoms with Crippen molar-refractivity contribution >= 4 is 10.0 Å². The SMILES string of the molecule is O=S(=O)(CC1CC(F)(F)C1)NC1CCc2c(O)cccc21. The zero-order valence-electron chi connectivity index (χ0n) is 11.4. The Morgan fingerprint density at radius 3 is 2.71 bits per heavy atom. The molecule has 0 saturated heterocycles. The largest absolute Gasteiger partial charge is 0.508 e. The molecule has 0 bridgehead atoms. The fourth-order valence-electron chi connectivity index (χ4n) is 3.24. The zero-order chi connectivity index (χ0) is 15.3. The van der Waals surface area contributed by atoms with Gasteiger partial charge in [0.05, 0.1) is 5.75 Å². The number of phenols is 1. The van der Waals surface area contributed by atoms with Crippen LogP contribution in [0.15, 0.2) is 18.2 Å². The summed E-state index contributed by atoms with van der Waals surface area (Å²) >= 11 is 0. The van der Waals surface area contributed by atoms with Crippen molar-refractivity contribution < 1.29 is 22.3 Å². The summed E-state index contributed by atoms with van der Waals surface area (Å²) in [6.45, 7) is 0. The van der Waals surface area contributed by atoms with Crippen molar-refractivity contribution in [3.63, 3.8) is 0 Å². The van der Waals surface area contributed by atoms with Crippen LogP contribution in [0.1, 0.15) is 36.4 Å². The smallest absolute Gasteiger partial charge is 0.248 e. The molecule has 0 amide bonds. The Morgan fingerprint density at radius 1 is 1.33 bits per heavy atom. The molecule has 2 aliphatic carbocycles. The molecule has 3 rings (SSSR count). The molecule has 1 saturated carbocycles. The monoisotopic (exact) mass is 317 g/mol. The van der Waals surface area contributed by atoms with Gasteiger partial charge in [-0.25, -0.2) is 21.9 Å². The van der Waals surface area contributed by atoms with E-state index in [1.54, 1.807) is 18.2 Å². The van der Waals surface area contributed by atoms with Crippen LogP contribution >= 0.6 is 0 Å². The minimum Gasteiger partial charge on any atom is -0.508 e. The van der Waals surface area contributed by atoms with Crippen molar-refractivity contribution in [2.45, 2.75) is 37.6 Å². The van der Waals surface area contributed by atoms with Gasteiger partial charge in [0, 0.05) is 18.9 Å². The summed E-state index contributed by atoms with van der Waals surface area (Å²) in [7, 11) is -3.60. The Morgan fingerprint density at radius 2 is 2.05 bits per heavy atom. The van der Waals surface area contributed by atoms with Crippen LogP contribution < -0.4 is 4.72 Å². The van der Waals surface area contributed by atoms with E-state index in [0.29, 0.717) is 12.8 Å².